The zero-order valence-electron chi connectivity index (χ0n) is 13.0. The maximum atomic E-state index is 13.1. The van der Waals surface area contributed by atoms with E-state index >= 15 is 0 Å². The summed E-state index contributed by atoms with van der Waals surface area (Å²) in [5.41, 5.74) is 0.550. The van der Waals surface area contributed by atoms with Crippen molar-refractivity contribution in [2.24, 2.45) is 0 Å². The Kier molecular flexibility index (Phi) is 5.92. The third-order valence-electron chi connectivity index (χ3n) is 3.42. The fraction of sp³-hybridized carbons (Fsp3) is 0.188. The van der Waals surface area contributed by atoms with Gasteiger partial charge < -0.3 is 5.11 Å². The number of sulfonamides is 1. The van der Waals surface area contributed by atoms with Crippen molar-refractivity contribution in [1.29, 1.82) is 0 Å². The predicted octanol–water partition coefficient (Wildman–Crippen LogP) is 3.59. The molecule has 25 heavy (non-hydrogen) atoms. The van der Waals surface area contributed by atoms with Crippen molar-refractivity contribution < 1.29 is 22.7 Å². The van der Waals surface area contributed by atoms with Crippen molar-refractivity contribution in [3.63, 3.8) is 0 Å². The van der Waals surface area contributed by atoms with Crippen LogP contribution < -0.4 is 4.31 Å². The first-order chi connectivity index (χ1) is 11.6. The van der Waals surface area contributed by atoms with Crippen LogP contribution in [0.1, 0.15) is 5.56 Å². The van der Waals surface area contributed by atoms with Crippen molar-refractivity contribution in [2.75, 3.05) is 10.6 Å². The summed E-state index contributed by atoms with van der Waals surface area (Å²) in [4.78, 5) is 11.7. The van der Waals surface area contributed by atoms with E-state index in [1.165, 1.54) is 24.3 Å². The lowest BCUT2D eigenvalue weighted by atomic mass is 10.1. The van der Waals surface area contributed by atoms with Crippen LogP contribution in [0.3, 0.4) is 0 Å². The maximum absolute atomic E-state index is 13.1. The van der Waals surface area contributed by atoms with Crippen LogP contribution in [-0.4, -0.2) is 31.8 Å². The molecule has 2 aromatic carbocycles. The Hall–Kier alpha value is -1.83. The van der Waals surface area contributed by atoms with Crippen LogP contribution >= 0.6 is 23.2 Å². The number of hydrogen-bond acceptors (Lipinski definition) is 3. The maximum Gasteiger partial charge on any atom is 0.327 e. The molecule has 2 aromatic rings. The Morgan fingerprint density at radius 2 is 1.76 bits per heavy atom. The molecule has 0 saturated heterocycles. The fourth-order valence-corrected chi connectivity index (χ4v) is 3.80. The average molecular weight is 406 g/mol. The summed E-state index contributed by atoms with van der Waals surface area (Å²) in [6.45, 7) is 0. The number of carboxylic acid groups (broad SMARTS) is 1. The number of hydrogen-bond donors (Lipinski definition) is 1. The van der Waals surface area contributed by atoms with Gasteiger partial charge in [0.2, 0.25) is 10.0 Å². The van der Waals surface area contributed by atoms with Crippen molar-refractivity contribution in [3.05, 3.63) is 63.9 Å². The van der Waals surface area contributed by atoms with Crippen LogP contribution in [0.4, 0.5) is 10.1 Å². The van der Waals surface area contributed by atoms with Crippen LogP contribution in [0.2, 0.25) is 10.0 Å². The van der Waals surface area contributed by atoms with E-state index in [-0.39, 0.29) is 17.1 Å². The van der Waals surface area contributed by atoms with Crippen molar-refractivity contribution in [3.8, 4) is 0 Å². The molecule has 0 aromatic heterocycles. The van der Waals surface area contributed by atoms with Gasteiger partial charge in [0.15, 0.2) is 0 Å². The van der Waals surface area contributed by atoms with Crippen LogP contribution in [0, 0.1) is 5.82 Å². The van der Waals surface area contributed by atoms with Gasteiger partial charge in [0.05, 0.1) is 22.0 Å². The number of aliphatic carboxylic acids is 1. The molecule has 9 heteroatoms. The lowest BCUT2D eigenvalue weighted by Gasteiger charge is -2.29. The van der Waals surface area contributed by atoms with Gasteiger partial charge >= 0.3 is 5.97 Å². The predicted molar refractivity (Wildman–Crippen MR) is 95.3 cm³/mol. The second-order valence-electron chi connectivity index (χ2n) is 5.34. The Balaban J connectivity index is 2.47. The van der Waals surface area contributed by atoms with Gasteiger partial charge in [-0.15, -0.1) is 0 Å². The molecule has 0 aliphatic heterocycles. The molecule has 1 N–H and O–H groups in total. The number of carboxylic acids is 1. The number of halogens is 3. The van der Waals surface area contributed by atoms with Gasteiger partial charge in [0.25, 0.3) is 0 Å². The topological polar surface area (TPSA) is 74.7 Å². The average Bonchev–Trinajstić information content (AvgIpc) is 2.50. The Morgan fingerprint density at radius 1 is 1.16 bits per heavy atom. The zero-order chi connectivity index (χ0) is 18.8. The summed E-state index contributed by atoms with van der Waals surface area (Å²) >= 11 is 11.8. The molecule has 5 nitrogen and oxygen atoms in total. The van der Waals surface area contributed by atoms with E-state index in [1.54, 1.807) is 6.07 Å². The van der Waals surface area contributed by atoms with Gasteiger partial charge in [-0.25, -0.2) is 17.6 Å². The summed E-state index contributed by atoms with van der Waals surface area (Å²) in [5.74, 6) is -1.91. The van der Waals surface area contributed by atoms with Gasteiger partial charge in [-0.3, -0.25) is 4.31 Å². The third kappa shape index (κ3) is 4.84. The standard InChI is InChI=1S/C16H14Cl2FNO4S/c1-25(23,24)20(12-5-3-11(19)4-6-12)15(16(21)22)9-10-2-7-13(17)14(18)8-10/h2-8,15H,9H2,1H3,(H,21,22). The summed E-state index contributed by atoms with van der Waals surface area (Å²) in [6, 6.07) is 7.65. The van der Waals surface area contributed by atoms with E-state index in [0.29, 0.717) is 10.6 Å². The largest absolute Gasteiger partial charge is 0.480 e. The minimum atomic E-state index is -3.94. The van der Waals surface area contributed by atoms with Crippen LogP contribution in [0.25, 0.3) is 0 Å². The number of anilines is 1. The molecule has 0 spiro atoms. The van der Waals surface area contributed by atoms with E-state index in [4.69, 9.17) is 23.2 Å². The minimum Gasteiger partial charge on any atom is -0.480 e. The molecule has 0 aliphatic rings. The second-order valence-corrected chi connectivity index (χ2v) is 8.02. The minimum absolute atomic E-state index is 0.0522. The molecule has 0 bridgehead atoms. The van der Waals surface area contributed by atoms with E-state index < -0.39 is 27.9 Å². The highest BCUT2D eigenvalue weighted by atomic mass is 35.5. The highest BCUT2D eigenvalue weighted by Gasteiger charge is 2.33. The van der Waals surface area contributed by atoms with Crippen LogP contribution in [-0.2, 0) is 21.2 Å². The zero-order valence-corrected chi connectivity index (χ0v) is 15.3. The molecule has 0 radical (unpaired) electrons. The smallest absolute Gasteiger partial charge is 0.327 e. The van der Waals surface area contributed by atoms with Gasteiger partial charge in [0, 0.05) is 6.42 Å². The van der Waals surface area contributed by atoms with Gasteiger partial charge in [0.1, 0.15) is 11.9 Å². The normalized spacial score (nSPS) is 12.6. The lowest BCUT2D eigenvalue weighted by Crippen LogP contribution is -2.46. The molecule has 134 valence electrons. The molecule has 0 fully saturated rings. The molecule has 0 heterocycles. The second kappa shape index (κ2) is 7.59. The van der Waals surface area contributed by atoms with Crippen LogP contribution in [0.15, 0.2) is 42.5 Å². The molecular weight excluding hydrogens is 392 g/mol. The van der Waals surface area contributed by atoms with E-state index in [9.17, 15) is 22.7 Å². The first-order valence-corrected chi connectivity index (χ1v) is 9.61. The number of nitrogens with zero attached hydrogens (tertiary/aromatic N) is 1. The number of carbonyl (C=O) groups is 1. The molecule has 0 aliphatic carbocycles. The molecule has 1 unspecified atom stereocenters. The van der Waals surface area contributed by atoms with Gasteiger partial charge in [-0.05, 0) is 42.0 Å². The summed E-state index contributed by atoms with van der Waals surface area (Å²) < 4.78 is 38.3. The molecule has 0 saturated carbocycles. The molecule has 0 amide bonds. The van der Waals surface area contributed by atoms with E-state index in [0.717, 1.165) is 22.7 Å². The van der Waals surface area contributed by atoms with Crippen LogP contribution in [0.5, 0.6) is 0 Å². The summed E-state index contributed by atoms with van der Waals surface area (Å²) in [5, 5.41) is 10.1. The molecule has 2 rings (SSSR count). The van der Waals surface area contributed by atoms with Gasteiger partial charge in [-0.1, -0.05) is 29.3 Å². The number of benzene rings is 2. The SMILES string of the molecule is CS(=O)(=O)N(c1ccc(F)cc1)C(Cc1ccc(Cl)c(Cl)c1)C(=O)O. The highest BCUT2D eigenvalue weighted by Crippen LogP contribution is 2.26. The third-order valence-corrected chi connectivity index (χ3v) is 5.34. The monoisotopic (exact) mass is 405 g/mol. The van der Waals surface area contributed by atoms with Crippen molar-refractivity contribution >= 4 is 44.9 Å². The first kappa shape index (κ1) is 19.5. The van der Waals surface area contributed by atoms with Gasteiger partial charge in [-0.2, -0.15) is 0 Å². The summed E-state index contributed by atoms with van der Waals surface area (Å²) in [6.07, 6.45) is 0.748. The summed E-state index contributed by atoms with van der Waals surface area (Å²) in [7, 11) is -3.94. The Morgan fingerprint density at radius 3 is 2.24 bits per heavy atom. The highest BCUT2D eigenvalue weighted by molar-refractivity contribution is 7.92. The Labute approximate surface area is 154 Å². The van der Waals surface area contributed by atoms with Crippen molar-refractivity contribution in [1.82, 2.24) is 0 Å². The quantitative estimate of drug-likeness (QED) is 0.796. The first-order valence-electron chi connectivity index (χ1n) is 7.01. The molecular formula is C16H14Cl2FNO4S. The fourth-order valence-electron chi connectivity index (χ4n) is 2.35. The Bertz CT molecular complexity index is 888. The van der Waals surface area contributed by atoms with Crippen molar-refractivity contribution in [2.45, 2.75) is 12.5 Å². The lowest BCUT2D eigenvalue weighted by molar-refractivity contribution is -0.138. The van der Waals surface area contributed by atoms with E-state index in [2.05, 4.69) is 0 Å². The number of rotatable bonds is 6. The molecule has 1 atom stereocenters. The van der Waals surface area contributed by atoms with E-state index in [1.807, 2.05) is 0 Å².